The Balaban J connectivity index is 1.77. The van der Waals surface area contributed by atoms with E-state index in [9.17, 15) is 8.42 Å². The molecule has 194 valence electrons. The Bertz CT molecular complexity index is 1270. The molecule has 0 spiro atoms. The topological polar surface area (TPSA) is 130 Å². The number of hydrogen-bond donors (Lipinski definition) is 1. The first-order chi connectivity index (χ1) is 17.3. The van der Waals surface area contributed by atoms with Crippen LogP contribution in [-0.2, 0) is 14.8 Å². The lowest BCUT2D eigenvalue weighted by atomic mass is 10.1. The van der Waals surface area contributed by atoms with Crippen molar-refractivity contribution in [2.75, 3.05) is 25.5 Å². The largest absolute Gasteiger partial charge is 0.494 e. The lowest BCUT2D eigenvalue weighted by Gasteiger charge is -2.25. The summed E-state index contributed by atoms with van der Waals surface area (Å²) in [5, 5.41) is 7.74. The van der Waals surface area contributed by atoms with Crippen molar-refractivity contribution in [3.63, 3.8) is 0 Å². The second kappa shape index (κ2) is 10.8. The van der Waals surface area contributed by atoms with Crippen LogP contribution in [0, 0.1) is 6.92 Å². The van der Waals surface area contributed by atoms with E-state index in [-0.39, 0.29) is 12.1 Å². The van der Waals surface area contributed by atoms with E-state index in [4.69, 9.17) is 14.2 Å². The van der Waals surface area contributed by atoms with Crippen LogP contribution < -0.4 is 14.2 Å². The van der Waals surface area contributed by atoms with Crippen molar-refractivity contribution in [3.05, 3.63) is 47.8 Å². The van der Waals surface area contributed by atoms with E-state index in [0.29, 0.717) is 35.3 Å². The zero-order chi connectivity index (χ0) is 25.9. The molecular formula is C24H32N6O5S. The lowest BCUT2D eigenvalue weighted by molar-refractivity contribution is 0.00839. The number of ether oxygens (including phenoxy) is 3. The summed E-state index contributed by atoms with van der Waals surface area (Å²) in [7, 11) is -0.847. The van der Waals surface area contributed by atoms with Crippen LogP contribution in [0.2, 0.25) is 0 Å². The number of methoxy groups -OCH3 is 2. The number of nitrogens with zero attached hydrogens (tertiary/aromatic N) is 5. The molecule has 3 aromatic rings. The second-order valence-electron chi connectivity index (χ2n) is 8.81. The van der Waals surface area contributed by atoms with Gasteiger partial charge in [-0.05, 0) is 45.2 Å². The van der Waals surface area contributed by atoms with E-state index in [0.717, 1.165) is 25.0 Å². The van der Waals surface area contributed by atoms with E-state index >= 15 is 0 Å². The van der Waals surface area contributed by atoms with Crippen LogP contribution in [0.1, 0.15) is 62.3 Å². The molecular weight excluding hydrogens is 484 g/mol. The van der Waals surface area contributed by atoms with Crippen molar-refractivity contribution in [1.82, 2.24) is 24.7 Å². The Kier molecular flexibility index (Phi) is 7.74. The Morgan fingerprint density at radius 2 is 1.81 bits per heavy atom. The molecule has 2 unspecified atom stereocenters. The van der Waals surface area contributed by atoms with Crippen LogP contribution >= 0.6 is 0 Å². The van der Waals surface area contributed by atoms with Crippen molar-refractivity contribution in [3.8, 4) is 17.2 Å². The first-order valence-corrected chi connectivity index (χ1v) is 13.4. The molecule has 2 aromatic heterocycles. The fourth-order valence-electron chi connectivity index (χ4n) is 4.15. The number of sulfonamides is 1. The third kappa shape index (κ3) is 5.14. The molecule has 1 aliphatic rings. The monoisotopic (exact) mass is 516 g/mol. The van der Waals surface area contributed by atoms with Gasteiger partial charge in [0.1, 0.15) is 23.3 Å². The predicted octanol–water partition coefficient (Wildman–Crippen LogP) is 3.56. The summed E-state index contributed by atoms with van der Waals surface area (Å²) in [6, 6.07) is 5.32. The third-order valence-corrected chi connectivity index (χ3v) is 8.33. The minimum absolute atomic E-state index is 0.0241. The molecule has 1 N–H and O–H groups in total. The van der Waals surface area contributed by atoms with Crippen LogP contribution in [0.4, 0.5) is 5.95 Å². The van der Waals surface area contributed by atoms with Gasteiger partial charge in [-0.15, -0.1) is 10.2 Å². The first kappa shape index (κ1) is 25.8. The lowest BCUT2D eigenvalue weighted by Crippen LogP contribution is -2.31. The van der Waals surface area contributed by atoms with Gasteiger partial charge in [-0.3, -0.25) is 19.3 Å². The third-order valence-electron chi connectivity index (χ3n) is 6.48. The minimum atomic E-state index is -3.92. The van der Waals surface area contributed by atoms with Gasteiger partial charge in [-0.2, -0.15) is 0 Å². The molecule has 0 amide bonds. The fraction of sp³-hybridized carbons (Fsp3) is 0.500. The first-order valence-electron chi connectivity index (χ1n) is 11.8. The molecule has 0 aliphatic carbocycles. The molecule has 1 aliphatic heterocycles. The SMILES string of the molecule is COc1cccc(OC)c1-n1c(NS(=O)(=O)C(C)C(C)c2cnc(C)cn2)nnc1[C@@H]1CCCCO1. The van der Waals surface area contributed by atoms with E-state index < -0.39 is 21.2 Å². The maximum atomic E-state index is 13.5. The van der Waals surface area contributed by atoms with Crippen molar-refractivity contribution in [2.24, 2.45) is 0 Å². The Morgan fingerprint density at radius 1 is 1.08 bits per heavy atom. The summed E-state index contributed by atoms with van der Waals surface area (Å²) in [6.07, 6.45) is 5.54. The van der Waals surface area contributed by atoms with Gasteiger partial charge in [-0.1, -0.05) is 13.0 Å². The van der Waals surface area contributed by atoms with Crippen LogP contribution in [0.5, 0.6) is 11.5 Å². The molecule has 1 fully saturated rings. The smallest absolute Gasteiger partial charge is 0.243 e. The van der Waals surface area contributed by atoms with Gasteiger partial charge in [0.25, 0.3) is 0 Å². The molecule has 11 nitrogen and oxygen atoms in total. The van der Waals surface area contributed by atoms with Gasteiger partial charge in [0.15, 0.2) is 5.82 Å². The van der Waals surface area contributed by atoms with E-state index in [1.54, 1.807) is 49.0 Å². The summed E-state index contributed by atoms with van der Waals surface area (Å²) in [4.78, 5) is 8.61. The van der Waals surface area contributed by atoms with Gasteiger partial charge in [0, 0.05) is 24.9 Å². The Morgan fingerprint density at radius 3 is 2.39 bits per heavy atom. The molecule has 0 radical (unpaired) electrons. The standard InChI is InChI=1S/C24H32N6O5S/c1-15-13-26-18(14-25-15)16(2)17(3)36(31,32)29-24-28-27-23(21-9-6-7-12-35-21)30(24)22-19(33-4)10-8-11-20(22)34-5/h8,10-11,13-14,16-17,21H,6-7,9,12H2,1-5H3,(H,28,29)/t16?,17?,21-/m0/s1. The van der Waals surface area contributed by atoms with E-state index in [1.165, 1.54) is 14.2 Å². The fourth-order valence-corrected chi connectivity index (χ4v) is 5.40. The Hall–Kier alpha value is -3.25. The normalized spacial score (nSPS) is 17.9. The number of rotatable bonds is 9. The number of aromatic nitrogens is 5. The maximum absolute atomic E-state index is 13.5. The second-order valence-corrected chi connectivity index (χ2v) is 10.8. The average molecular weight is 517 g/mol. The summed E-state index contributed by atoms with van der Waals surface area (Å²) in [5.41, 5.74) is 1.83. The molecule has 0 bridgehead atoms. The number of hydrogen-bond acceptors (Lipinski definition) is 9. The molecule has 3 heterocycles. The number of anilines is 1. The number of benzene rings is 1. The van der Waals surface area contributed by atoms with Crippen molar-refractivity contribution in [2.45, 2.75) is 57.3 Å². The van der Waals surface area contributed by atoms with Gasteiger partial charge < -0.3 is 14.2 Å². The average Bonchev–Trinajstić information content (AvgIpc) is 3.30. The van der Waals surface area contributed by atoms with Gasteiger partial charge in [0.05, 0.1) is 30.9 Å². The van der Waals surface area contributed by atoms with Crippen LogP contribution in [0.3, 0.4) is 0 Å². The molecule has 4 rings (SSSR count). The predicted molar refractivity (Wildman–Crippen MR) is 134 cm³/mol. The molecule has 1 saturated heterocycles. The van der Waals surface area contributed by atoms with Gasteiger partial charge in [-0.25, -0.2) is 8.42 Å². The minimum Gasteiger partial charge on any atom is -0.494 e. The number of para-hydroxylation sites is 1. The van der Waals surface area contributed by atoms with Crippen LogP contribution in [-0.4, -0.2) is 59.2 Å². The van der Waals surface area contributed by atoms with E-state index in [2.05, 4.69) is 24.9 Å². The summed E-state index contributed by atoms with van der Waals surface area (Å²) in [5.74, 6) is 1.02. The summed E-state index contributed by atoms with van der Waals surface area (Å²) >= 11 is 0. The molecule has 1 aromatic carbocycles. The van der Waals surface area contributed by atoms with E-state index in [1.807, 2.05) is 6.92 Å². The van der Waals surface area contributed by atoms with Crippen LogP contribution in [0.15, 0.2) is 30.6 Å². The number of aryl methyl sites for hydroxylation is 1. The summed E-state index contributed by atoms with van der Waals surface area (Å²) < 4.78 is 48.5. The van der Waals surface area contributed by atoms with Crippen LogP contribution in [0.25, 0.3) is 5.69 Å². The van der Waals surface area contributed by atoms with Crippen molar-refractivity contribution >= 4 is 16.0 Å². The highest BCUT2D eigenvalue weighted by atomic mass is 32.2. The van der Waals surface area contributed by atoms with Gasteiger partial charge in [0.2, 0.25) is 16.0 Å². The van der Waals surface area contributed by atoms with Crippen molar-refractivity contribution < 1.29 is 22.6 Å². The van der Waals surface area contributed by atoms with Gasteiger partial charge >= 0.3 is 0 Å². The number of nitrogens with one attached hydrogen (secondary N) is 1. The highest BCUT2D eigenvalue weighted by molar-refractivity contribution is 7.93. The molecule has 12 heteroatoms. The highest BCUT2D eigenvalue weighted by Gasteiger charge is 2.33. The molecule has 3 atom stereocenters. The quantitative estimate of drug-likeness (QED) is 0.453. The maximum Gasteiger partial charge on any atom is 0.243 e. The molecule has 36 heavy (non-hydrogen) atoms. The Labute approximate surface area is 211 Å². The van der Waals surface area contributed by atoms with Crippen molar-refractivity contribution in [1.29, 1.82) is 0 Å². The zero-order valence-corrected chi connectivity index (χ0v) is 21.9. The highest BCUT2D eigenvalue weighted by Crippen LogP contribution is 2.39. The summed E-state index contributed by atoms with van der Waals surface area (Å²) in [6.45, 7) is 5.85. The molecule has 0 saturated carbocycles. The zero-order valence-electron chi connectivity index (χ0n) is 21.1.